The summed E-state index contributed by atoms with van der Waals surface area (Å²) in [6, 6.07) is 1.20. The monoisotopic (exact) mass is 274 g/mol. The van der Waals surface area contributed by atoms with Crippen molar-refractivity contribution in [2.45, 2.75) is 19.3 Å². The molecule has 3 N–H and O–H groups in total. The third-order valence-corrected chi connectivity index (χ3v) is 2.58. The van der Waals surface area contributed by atoms with Crippen molar-refractivity contribution in [2.24, 2.45) is 5.73 Å². The number of nitrogens with two attached hydrogens (primary N) is 1. The molecule has 0 bridgehead atoms. The van der Waals surface area contributed by atoms with Gasteiger partial charge in [-0.05, 0) is 13.0 Å². The van der Waals surface area contributed by atoms with Gasteiger partial charge >= 0.3 is 0 Å². The van der Waals surface area contributed by atoms with Crippen molar-refractivity contribution in [2.75, 3.05) is 19.5 Å². The number of anilines is 1. The zero-order valence-corrected chi connectivity index (χ0v) is 10.9. The SMILES string of the molecule is COC(OC)C(C)Nc1cc(C(N)=O)c(F)cc1F. The number of methoxy groups -OCH3 is 2. The molecule has 19 heavy (non-hydrogen) atoms. The van der Waals surface area contributed by atoms with E-state index in [1.807, 2.05) is 0 Å². The topological polar surface area (TPSA) is 73.6 Å². The molecule has 0 aliphatic carbocycles. The van der Waals surface area contributed by atoms with Gasteiger partial charge in [0.15, 0.2) is 6.29 Å². The van der Waals surface area contributed by atoms with Crippen LogP contribution in [-0.4, -0.2) is 32.5 Å². The minimum absolute atomic E-state index is 0.0539. The Morgan fingerprint density at radius 1 is 1.26 bits per heavy atom. The van der Waals surface area contributed by atoms with Crippen LogP contribution in [0.4, 0.5) is 14.5 Å². The molecule has 1 aromatic carbocycles. The molecule has 0 fully saturated rings. The van der Waals surface area contributed by atoms with Gasteiger partial charge in [-0.2, -0.15) is 0 Å². The van der Waals surface area contributed by atoms with E-state index in [2.05, 4.69) is 5.32 Å². The van der Waals surface area contributed by atoms with Crippen LogP contribution in [0.15, 0.2) is 12.1 Å². The second kappa shape index (κ2) is 6.44. The number of hydrogen-bond donors (Lipinski definition) is 2. The first kappa shape index (κ1) is 15.3. The van der Waals surface area contributed by atoms with Crippen LogP contribution in [0.25, 0.3) is 0 Å². The van der Waals surface area contributed by atoms with E-state index in [-0.39, 0.29) is 11.3 Å². The molecular formula is C12H16F2N2O3. The van der Waals surface area contributed by atoms with E-state index in [4.69, 9.17) is 15.2 Å². The van der Waals surface area contributed by atoms with Crippen molar-refractivity contribution in [3.05, 3.63) is 29.3 Å². The van der Waals surface area contributed by atoms with Crippen molar-refractivity contribution in [1.82, 2.24) is 0 Å². The van der Waals surface area contributed by atoms with Crippen LogP contribution < -0.4 is 11.1 Å². The number of primary amides is 1. The molecule has 0 saturated heterocycles. The molecule has 1 amide bonds. The quantitative estimate of drug-likeness (QED) is 0.771. The van der Waals surface area contributed by atoms with Gasteiger partial charge in [-0.3, -0.25) is 4.79 Å². The first-order chi connectivity index (χ1) is 8.90. The van der Waals surface area contributed by atoms with Crippen molar-refractivity contribution in [1.29, 1.82) is 0 Å². The van der Waals surface area contributed by atoms with E-state index in [0.717, 1.165) is 6.07 Å². The number of hydrogen-bond acceptors (Lipinski definition) is 4. The number of halogens is 2. The summed E-state index contributed by atoms with van der Waals surface area (Å²) in [5, 5.41) is 2.74. The Morgan fingerprint density at radius 2 is 1.84 bits per heavy atom. The zero-order valence-electron chi connectivity index (χ0n) is 10.9. The van der Waals surface area contributed by atoms with Crippen LogP contribution in [0.3, 0.4) is 0 Å². The van der Waals surface area contributed by atoms with Gasteiger partial charge in [0.25, 0.3) is 5.91 Å². The molecule has 0 aliphatic heterocycles. The molecule has 0 spiro atoms. The van der Waals surface area contributed by atoms with E-state index in [9.17, 15) is 13.6 Å². The second-order valence-corrected chi connectivity index (χ2v) is 3.95. The molecule has 1 rings (SSSR count). The molecule has 0 aromatic heterocycles. The van der Waals surface area contributed by atoms with Crippen LogP contribution in [-0.2, 0) is 9.47 Å². The Balaban J connectivity index is 3.01. The average molecular weight is 274 g/mol. The summed E-state index contributed by atoms with van der Waals surface area (Å²) < 4.78 is 36.9. The van der Waals surface area contributed by atoms with Gasteiger partial charge in [0.05, 0.1) is 17.3 Å². The summed E-state index contributed by atoms with van der Waals surface area (Å²) in [5.41, 5.74) is 4.56. The highest BCUT2D eigenvalue weighted by Crippen LogP contribution is 2.21. The Bertz CT molecular complexity index is 465. The molecule has 0 saturated carbocycles. The largest absolute Gasteiger partial charge is 0.375 e. The van der Waals surface area contributed by atoms with Crippen molar-refractivity contribution in [3.8, 4) is 0 Å². The molecule has 1 aromatic rings. The minimum Gasteiger partial charge on any atom is -0.375 e. The third-order valence-electron chi connectivity index (χ3n) is 2.58. The highest BCUT2D eigenvalue weighted by Gasteiger charge is 2.19. The number of carbonyl (C=O) groups excluding carboxylic acids is 1. The van der Waals surface area contributed by atoms with Crippen LogP contribution >= 0.6 is 0 Å². The summed E-state index contributed by atoms with van der Waals surface area (Å²) in [5.74, 6) is -2.80. The smallest absolute Gasteiger partial charge is 0.251 e. The molecule has 5 nitrogen and oxygen atoms in total. The number of ether oxygens (including phenoxy) is 2. The normalized spacial score (nSPS) is 12.5. The number of benzene rings is 1. The van der Waals surface area contributed by atoms with E-state index >= 15 is 0 Å². The van der Waals surface area contributed by atoms with Gasteiger partial charge in [-0.15, -0.1) is 0 Å². The molecule has 1 unspecified atom stereocenters. The maximum atomic E-state index is 13.6. The third kappa shape index (κ3) is 3.62. The van der Waals surface area contributed by atoms with Gasteiger partial charge in [-0.25, -0.2) is 8.78 Å². The van der Waals surface area contributed by atoms with E-state index in [0.29, 0.717) is 6.07 Å². The van der Waals surface area contributed by atoms with Crippen molar-refractivity contribution in [3.63, 3.8) is 0 Å². The fourth-order valence-corrected chi connectivity index (χ4v) is 1.67. The van der Waals surface area contributed by atoms with Crippen molar-refractivity contribution < 1.29 is 23.0 Å². The first-order valence-electron chi connectivity index (χ1n) is 5.51. The fourth-order valence-electron chi connectivity index (χ4n) is 1.67. The van der Waals surface area contributed by atoms with E-state index < -0.39 is 29.9 Å². The lowest BCUT2D eigenvalue weighted by molar-refractivity contribution is -0.109. The van der Waals surface area contributed by atoms with Gasteiger partial charge in [-0.1, -0.05) is 0 Å². The van der Waals surface area contributed by atoms with Crippen LogP contribution in [0.1, 0.15) is 17.3 Å². The Kier molecular flexibility index (Phi) is 5.20. The van der Waals surface area contributed by atoms with Crippen LogP contribution in [0.5, 0.6) is 0 Å². The predicted octanol–water partition coefficient (Wildman–Crippen LogP) is 1.48. The summed E-state index contributed by atoms with van der Waals surface area (Å²) in [6.07, 6.45) is -0.624. The average Bonchev–Trinajstić information content (AvgIpc) is 2.33. The molecule has 0 radical (unpaired) electrons. The molecular weight excluding hydrogens is 258 g/mol. The van der Waals surface area contributed by atoms with Crippen LogP contribution in [0.2, 0.25) is 0 Å². The lowest BCUT2D eigenvalue weighted by Crippen LogP contribution is -2.34. The Labute approximate surface area is 109 Å². The van der Waals surface area contributed by atoms with Crippen molar-refractivity contribution >= 4 is 11.6 Å². The highest BCUT2D eigenvalue weighted by atomic mass is 19.1. The first-order valence-corrected chi connectivity index (χ1v) is 5.51. The highest BCUT2D eigenvalue weighted by molar-refractivity contribution is 5.94. The Hall–Kier alpha value is -1.73. The summed E-state index contributed by atoms with van der Waals surface area (Å²) in [4.78, 5) is 11.0. The summed E-state index contributed by atoms with van der Waals surface area (Å²) in [7, 11) is 2.87. The molecule has 0 heterocycles. The number of amides is 1. The second-order valence-electron chi connectivity index (χ2n) is 3.95. The maximum absolute atomic E-state index is 13.6. The molecule has 7 heteroatoms. The number of carbonyl (C=O) groups is 1. The maximum Gasteiger partial charge on any atom is 0.251 e. The number of rotatable bonds is 6. The minimum atomic E-state index is -1.00. The Morgan fingerprint density at radius 3 is 2.32 bits per heavy atom. The lowest BCUT2D eigenvalue weighted by atomic mass is 10.1. The van der Waals surface area contributed by atoms with Crippen LogP contribution in [0, 0.1) is 11.6 Å². The predicted molar refractivity (Wildman–Crippen MR) is 65.8 cm³/mol. The molecule has 0 aliphatic rings. The van der Waals surface area contributed by atoms with Gasteiger partial charge in [0, 0.05) is 20.3 Å². The lowest BCUT2D eigenvalue weighted by Gasteiger charge is -2.23. The van der Waals surface area contributed by atoms with Gasteiger partial charge < -0.3 is 20.5 Å². The summed E-state index contributed by atoms with van der Waals surface area (Å²) in [6.45, 7) is 1.68. The van der Waals surface area contributed by atoms with Gasteiger partial charge in [0.2, 0.25) is 0 Å². The number of nitrogens with one attached hydrogen (secondary N) is 1. The fraction of sp³-hybridized carbons (Fsp3) is 0.417. The van der Waals surface area contributed by atoms with Gasteiger partial charge in [0.1, 0.15) is 11.6 Å². The molecule has 1 atom stereocenters. The molecule has 106 valence electrons. The summed E-state index contributed by atoms with van der Waals surface area (Å²) >= 11 is 0. The zero-order chi connectivity index (χ0) is 14.6. The standard InChI is InChI=1S/C12H16F2N2O3/c1-6(12(18-2)19-3)16-10-4-7(11(15)17)8(13)5-9(10)14/h4-6,12,16H,1-3H3,(H2,15,17). The van der Waals surface area contributed by atoms with E-state index in [1.165, 1.54) is 14.2 Å². The van der Waals surface area contributed by atoms with E-state index in [1.54, 1.807) is 6.92 Å².